The minimum atomic E-state index is 0.479. The molecule has 3 fully saturated rings. The molecule has 10 heteroatoms. The van der Waals surface area contributed by atoms with Crippen LogP contribution >= 0.6 is 0 Å². The zero-order chi connectivity index (χ0) is 38.9. The highest BCUT2D eigenvalue weighted by atomic mass is 16.5. The third-order valence-corrected chi connectivity index (χ3v) is 11.5. The lowest BCUT2D eigenvalue weighted by Crippen LogP contribution is -2.35. The summed E-state index contributed by atoms with van der Waals surface area (Å²) >= 11 is 0. The van der Waals surface area contributed by atoms with Crippen molar-refractivity contribution in [2.45, 2.75) is 76.5 Å². The van der Waals surface area contributed by atoms with Crippen molar-refractivity contribution in [3.8, 4) is 18.2 Å². The van der Waals surface area contributed by atoms with Gasteiger partial charge in [0.2, 0.25) is 0 Å². The molecule has 0 saturated carbocycles. The Morgan fingerprint density at radius 3 is 1.19 bits per heavy atom. The molecule has 3 aromatic rings. The molecule has 0 spiro atoms. The van der Waals surface area contributed by atoms with Crippen LogP contribution in [0.3, 0.4) is 0 Å². The van der Waals surface area contributed by atoms with Crippen LogP contribution in [0, 0.1) is 34.0 Å². The number of nitrogen functional groups attached to an aromatic ring is 3. The summed E-state index contributed by atoms with van der Waals surface area (Å²) < 4.78 is 5.11. The van der Waals surface area contributed by atoms with Crippen molar-refractivity contribution in [3.05, 3.63) is 88.0 Å². The number of nitrogens with two attached hydrogens (primary N) is 3. The van der Waals surface area contributed by atoms with E-state index in [2.05, 4.69) is 65.0 Å². The van der Waals surface area contributed by atoms with Gasteiger partial charge < -0.3 is 36.6 Å². The van der Waals surface area contributed by atoms with Gasteiger partial charge in [-0.15, -0.1) is 0 Å². The van der Waals surface area contributed by atoms with Crippen molar-refractivity contribution >= 4 is 17.1 Å². The van der Waals surface area contributed by atoms with E-state index in [9.17, 15) is 0 Å². The van der Waals surface area contributed by atoms with Gasteiger partial charge in [0.05, 0.1) is 40.4 Å². The topological polar surface area (TPSA) is 168 Å². The van der Waals surface area contributed by atoms with Crippen molar-refractivity contribution in [1.29, 1.82) is 15.8 Å². The molecule has 3 aromatic carbocycles. The maximum absolute atomic E-state index is 9.03. The second-order valence-electron chi connectivity index (χ2n) is 14.7. The molecule has 0 amide bonds. The summed E-state index contributed by atoms with van der Waals surface area (Å²) in [5.41, 5.74) is 25.6. The number of nitriles is 3. The van der Waals surface area contributed by atoms with Crippen molar-refractivity contribution in [2.75, 3.05) is 89.8 Å². The van der Waals surface area contributed by atoms with Crippen LogP contribution in [-0.4, -0.2) is 87.3 Å². The van der Waals surface area contributed by atoms with Crippen molar-refractivity contribution in [2.24, 2.45) is 0 Å². The minimum absolute atomic E-state index is 0.479. The largest absolute Gasteiger partial charge is 0.397 e. The quantitative estimate of drug-likeness (QED) is 0.194. The summed E-state index contributed by atoms with van der Waals surface area (Å²) in [4.78, 5) is 7.39. The normalized spacial score (nSPS) is 17.6. The van der Waals surface area contributed by atoms with E-state index in [1.165, 1.54) is 24.1 Å². The van der Waals surface area contributed by atoms with E-state index >= 15 is 0 Å². The van der Waals surface area contributed by atoms with E-state index in [-0.39, 0.29) is 0 Å². The van der Waals surface area contributed by atoms with Crippen molar-refractivity contribution in [1.82, 2.24) is 14.7 Å². The van der Waals surface area contributed by atoms with Gasteiger partial charge in [-0.3, -0.25) is 0 Å². The van der Waals surface area contributed by atoms with Crippen LogP contribution in [0.4, 0.5) is 17.1 Å². The van der Waals surface area contributed by atoms with Crippen LogP contribution in [0.15, 0.2) is 54.6 Å². The Hall–Kier alpha value is -4.63. The van der Waals surface area contributed by atoms with Gasteiger partial charge >= 0.3 is 0 Å². The Bertz CT molecular complexity index is 1730. The lowest BCUT2D eigenvalue weighted by atomic mass is 9.87. The number of hydrogen-bond donors (Lipinski definition) is 3. The van der Waals surface area contributed by atoms with E-state index in [0.29, 0.717) is 51.5 Å². The summed E-state index contributed by atoms with van der Waals surface area (Å²) in [5.74, 6) is 1.52. The fraction of sp³-hybridized carbons (Fsp3) is 0.523. The van der Waals surface area contributed by atoms with Crippen LogP contribution in [0.5, 0.6) is 0 Å². The molecule has 0 atom stereocenters. The number of benzene rings is 3. The van der Waals surface area contributed by atoms with Gasteiger partial charge in [0.25, 0.3) is 0 Å². The second kappa shape index (κ2) is 21.9. The zero-order valence-electron chi connectivity index (χ0n) is 32.8. The highest BCUT2D eigenvalue weighted by Gasteiger charge is 2.24. The third kappa shape index (κ3) is 11.4. The molecule has 3 aliphatic rings. The Morgan fingerprint density at radius 2 is 0.889 bits per heavy atom. The van der Waals surface area contributed by atoms with Gasteiger partial charge in [0.15, 0.2) is 0 Å². The molecule has 0 radical (unpaired) electrons. The second-order valence-corrected chi connectivity index (χ2v) is 14.7. The molecule has 54 heavy (non-hydrogen) atoms. The Balaban J connectivity index is 0.000000181. The molecular weight excluding hydrogens is 671 g/mol. The van der Waals surface area contributed by atoms with Crippen molar-refractivity contribution < 1.29 is 4.74 Å². The van der Waals surface area contributed by atoms with Crippen LogP contribution in [0.25, 0.3) is 0 Å². The Labute approximate surface area is 324 Å². The van der Waals surface area contributed by atoms with Gasteiger partial charge in [-0.2, -0.15) is 15.8 Å². The summed E-state index contributed by atoms with van der Waals surface area (Å²) in [5, 5.41) is 27.0. The standard InChI is InChI=1S/C15H21N3O.C15H21N3.C14H19N3/c1-19-10-9-18-7-5-12(6-8-18)14-4-2-3-13(11-16)15(14)17;1-2-8-18-9-6-12(7-10-18)14-5-3-4-13(11-16)15(14)17;1-2-17-8-6-11(7-9-17)13-5-3-4-12(10-15)14(13)16/h2-4,12H,5-10,17H2,1H3;3-5,12H,2,6-10,17H2,1H3;3-5,11H,2,6-9,16H2,1H3. The van der Waals surface area contributed by atoms with E-state index in [0.717, 1.165) is 103 Å². The fourth-order valence-electron chi connectivity index (χ4n) is 8.14. The first-order chi connectivity index (χ1) is 26.3. The Kier molecular flexibility index (Phi) is 17.1. The first-order valence-electron chi connectivity index (χ1n) is 19.8. The number of piperidine rings is 3. The fourth-order valence-corrected chi connectivity index (χ4v) is 8.14. The van der Waals surface area contributed by atoms with E-state index < -0.39 is 0 Å². The number of anilines is 3. The minimum Gasteiger partial charge on any atom is -0.397 e. The first kappa shape index (κ1) is 42.1. The summed E-state index contributed by atoms with van der Waals surface area (Å²) in [6, 6.07) is 23.9. The highest BCUT2D eigenvalue weighted by Crippen LogP contribution is 2.35. The maximum Gasteiger partial charge on any atom is 0.101 e. The molecular formula is C44H61N9O. The molecule has 10 nitrogen and oxygen atoms in total. The van der Waals surface area contributed by atoms with Crippen LogP contribution in [0.2, 0.25) is 0 Å². The first-order valence-corrected chi connectivity index (χ1v) is 19.8. The van der Waals surface area contributed by atoms with Gasteiger partial charge in [0.1, 0.15) is 18.2 Å². The van der Waals surface area contributed by atoms with Crippen LogP contribution < -0.4 is 17.2 Å². The zero-order valence-corrected chi connectivity index (χ0v) is 32.8. The average molecular weight is 732 g/mol. The molecule has 0 bridgehead atoms. The molecule has 0 unspecified atom stereocenters. The predicted molar refractivity (Wildman–Crippen MR) is 220 cm³/mol. The van der Waals surface area contributed by atoms with Crippen LogP contribution in [0.1, 0.15) is 110 Å². The number of rotatable bonds is 9. The van der Waals surface area contributed by atoms with Crippen molar-refractivity contribution in [3.63, 3.8) is 0 Å². The van der Waals surface area contributed by atoms with E-state index in [1.54, 1.807) is 25.3 Å². The SMILES string of the molecule is CCCN1CCC(c2cccc(C#N)c2N)CC1.CCN1CCC(c2cccc(C#N)c2N)CC1.COCCN1CCC(c2cccc(C#N)c2N)CC1. The van der Waals surface area contributed by atoms with Gasteiger partial charge in [0, 0.05) is 13.7 Å². The summed E-state index contributed by atoms with van der Waals surface area (Å²) in [6.45, 7) is 15.2. The summed E-state index contributed by atoms with van der Waals surface area (Å²) in [7, 11) is 1.74. The molecule has 0 aromatic heterocycles. The third-order valence-electron chi connectivity index (χ3n) is 11.5. The van der Waals surface area contributed by atoms with E-state index in [4.69, 9.17) is 37.7 Å². The molecule has 6 rings (SSSR count). The van der Waals surface area contributed by atoms with Crippen LogP contribution in [-0.2, 0) is 4.74 Å². The van der Waals surface area contributed by atoms with E-state index in [1.807, 2.05) is 18.2 Å². The number of hydrogen-bond acceptors (Lipinski definition) is 10. The average Bonchev–Trinajstić information content (AvgIpc) is 3.21. The molecule has 3 aliphatic heterocycles. The highest BCUT2D eigenvalue weighted by molar-refractivity contribution is 5.62. The smallest absolute Gasteiger partial charge is 0.101 e. The molecule has 0 aliphatic carbocycles. The lowest BCUT2D eigenvalue weighted by Gasteiger charge is -2.32. The van der Waals surface area contributed by atoms with Gasteiger partial charge in [-0.1, -0.05) is 50.2 Å². The van der Waals surface area contributed by atoms with Gasteiger partial charge in [-0.25, -0.2) is 0 Å². The molecule has 3 saturated heterocycles. The number of para-hydroxylation sites is 3. The number of ether oxygens (including phenoxy) is 1. The van der Waals surface area contributed by atoms with Gasteiger partial charge in [-0.05, 0) is 150 Å². The monoisotopic (exact) mass is 731 g/mol. The molecule has 3 heterocycles. The molecule has 6 N–H and O–H groups in total. The number of nitrogens with zero attached hydrogens (tertiary/aromatic N) is 6. The predicted octanol–water partition coefficient (Wildman–Crippen LogP) is 7.04. The number of methoxy groups -OCH3 is 1. The molecule has 288 valence electrons. The lowest BCUT2D eigenvalue weighted by molar-refractivity contribution is 0.130. The summed E-state index contributed by atoms with van der Waals surface area (Å²) in [6.07, 6.45) is 8.01. The Morgan fingerprint density at radius 1 is 0.556 bits per heavy atom. The maximum atomic E-state index is 9.03. The number of likely N-dealkylation sites (tertiary alicyclic amines) is 3.